The molecule has 19 heavy (non-hydrogen) atoms. The SMILES string of the molecule is CC1SCCN1C(=O)C(C)(C)Oc1ccc(Cl)cc1. The van der Waals surface area contributed by atoms with Crippen molar-refractivity contribution in [3.63, 3.8) is 0 Å². The maximum Gasteiger partial charge on any atom is 0.267 e. The lowest BCUT2D eigenvalue weighted by atomic mass is 10.1. The van der Waals surface area contributed by atoms with E-state index in [4.69, 9.17) is 16.3 Å². The lowest BCUT2D eigenvalue weighted by Crippen LogP contribution is -2.49. The molecule has 1 unspecified atom stereocenters. The van der Waals surface area contributed by atoms with Gasteiger partial charge < -0.3 is 9.64 Å². The number of hydrogen-bond acceptors (Lipinski definition) is 3. The summed E-state index contributed by atoms with van der Waals surface area (Å²) in [7, 11) is 0. The van der Waals surface area contributed by atoms with Crippen LogP contribution < -0.4 is 4.74 Å². The number of hydrogen-bond donors (Lipinski definition) is 0. The van der Waals surface area contributed by atoms with Crippen LogP contribution in [0.3, 0.4) is 0 Å². The van der Waals surface area contributed by atoms with Gasteiger partial charge in [0.15, 0.2) is 5.60 Å². The summed E-state index contributed by atoms with van der Waals surface area (Å²) in [4.78, 5) is 14.4. The average molecular weight is 300 g/mol. The zero-order valence-corrected chi connectivity index (χ0v) is 12.9. The fourth-order valence-electron chi connectivity index (χ4n) is 2.05. The van der Waals surface area contributed by atoms with Gasteiger partial charge in [-0.25, -0.2) is 0 Å². The van der Waals surface area contributed by atoms with Crippen LogP contribution in [-0.2, 0) is 4.79 Å². The van der Waals surface area contributed by atoms with Gasteiger partial charge in [-0.15, -0.1) is 11.8 Å². The molecule has 0 aromatic heterocycles. The van der Waals surface area contributed by atoms with E-state index in [2.05, 4.69) is 0 Å². The summed E-state index contributed by atoms with van der Waals surface area (Å²) in [5.74, 6) is 1.67. The highest BCUT2D eigenvalue weighted by molar-refractivity contribution is 8.00. The summed E-state index contributed by atoms with van der Waals surface area (Å²) in [6, 6.07) is 7.07. The Morgan fingerprint density at radius 3 is 2.58 bits per heavy atom. The highest BCUT2D eigenvalue weighted by Gasteiger charge is 2.38. The number of nitrogens with zero attached hydrogens (tertiary/aromatic N) is 1. The Hall–Kier alpha value is -0.870. The van der Waals surface area contributed by atoms with E-state index < -0.39 is 5.60 Å². The number of halogens is 1. The molecule has 2 rings (SSSR count). The van der Waals surface area contributed by atoms with Crippen LogP contribution in [0.25, 0.3) is 0 Å². The predicted octanol–water partition coefficient (Wildman–Crippen LogP) is 3.42. The van der Waals surface area contributed by atoms with Crippen molar-refractivity contribution in [2.45, 2.75) is 31.7 Å². The number of amides is 1. The third kappa shape index (κ3) is 3.37. The molecule has 5 heteroatoms. The second-order valence-corrected chi connectivity index (χ2v) is 6.90. The van der Waals surface area contributed by atoms with Gasteiger partial charge in [-0.1, -0.05) is 11.6 Å². The number of carbonyl (C=O) groups excluding carboxylic acids is 1. The Kier molecular flexibility index (Phi) is 4.31. The molecule has 3 nitrogen and oxygen atoms in total. The van der Waals surface area contributed by atoms with Crippen molar-refractivity contribution in [2.75, 3.05) is 12.3 Å². The second-order valence-electron chi connectivity index (χ2n) is 5.03. The van der Waals surface area contributed by atoms with Gasteiger partial charge in [0.25, 0.3) is 5.91 Å². The molecule has 0 aliphatic carbocycles. The smallest absolute Gasteiger partial charge is 0.267 e. The maximum absolute atomic E-state index is 12.5. The molecule has 0 spiro atoms. The zero-order chi connectivity index (χ0) is 14.0. The molecule has 1 amide bonds. The molecule has 0 N–H and O–H groups in total. The van der Waals surface area contributed by atoms with E-state index >= 15 is 0 Å². The summed E-state index contributed by atoms with van der Waals surface area (Å²) in [6.45, 7) is 6.45. The first-order valence-electron chi connectivity index (χ1n) is 6.27. The van der Waals surface area contributed by atoms with Crippen molar-refractivity contribution >= 4 is 29.3 Å². The average Bonchev–Trinajstić information content (AvgIpc) is 2.77. The van der Waals surface area contributed by atoms with Crippen molar-refractivity contribution in [3.05, 3.63) is 29.3 Å². The van der Waals surface area contributed by atoms with Crippen molar-refractivity contribution in [1.29, 1.82) is 0 Å². The molecule has 1 aliphatic heterocycles. The van der Waals surface area contributed by atoms with E-state index in [1.54, 1.807) is 49.9 Å². The van der Waals surface area contributed by atoms with Crippen LogP contribution in [-0.4, -0.2) is 34.1 Å². The van der Waals surface area contributed by atoms with Crippen LogP contribution in [0.4, 0.5) is 0 Å². The van der Waals surface area contributed by atoms with Crippen molar-refractivity contribution < 1.29 is 9.53 Å². The molecule has 0 radical (unpaired) electrons. The number of carbonyl (C=O) groups is 1. The maximum atomic E-state index is 12.5. The van der Waals surface area contributed by atoms with Gasteiger partial charge >= 0.3 is 0 Å². The minimum absolute atomic E-state index is 0.0277. The minimum Gasteiger partial charge on any atom is -0.478 e. The van der Waals surface area contributed by atoms with Crippen molar-refractivity contribution in [1.82, 2.24) is 4.90 Å². The fourth-order valence-corrected chi connectivity index (χ4v) is 3.20. The zero-order valence-electron chi connectivity index (χ0n) is 11.4. The van der Waals surface area contributed by atoms with Gasteiger partial charge in [0.05, 0.1) is 5.37 Å². The molecule has 1 aliphatic rings. The third-order valence-electron chi connectivity index (χ3n) is 3.09. The molecular weight excluding hydrogens is 282 g/mol. The van der Waals surface area contributed by atoms with E-state index in [1.165, 1.54) is 0 Å². The Labute approximate surface area is 123 Å². The Bertz CT molecular complexity index is 461. The Morgan fingerprint density at radius 2 is 2.05 bits per heavy atom. The van der Waals surface area contributed by atoms with Crippen LogP contribution in [0.5, 0.6) is 5.75 Å². The first kappa shape index (κ1) is 14.5. The van der Waals surface area contributed by atoms with Gasteiger partial charge in [0.2, 0.25) is 0 Å². The molecule has 1 heterocycles. The second kappa shape index (κ2) is 5.63. The van der Waals surface area contributed by atoms with Crippen LogP contribution in [0.15, 0.2) is 24.3 Å². The monoisotopic (exact) mass is 299 g/mol. The highest BCUT2D eigenvalue weighted by Crippen LogP contribution is 2.28. The topological polar surface area (TPSA) is 29.5 Å². The minimum atomic E-state index is -0.868. The number of thioether (sulfide) groups is 1. The molecule has 1 atom stereocenters. The molecule has 0 bridgehead atoms. The molecule has 1 fully saturated rings. The predicted molar refractivity (Wildman–Crippen MR) is 79.8 cm³/mol. The van der Waals surface area contributed by atoms with E-state index in [9.17, 15) is 4.79 Å². The van der Waals surface area contributed by atoms with Gasteiger partial charge in [-0.05, 0) is 45.0 Å². The van der Waals surface area contributed by atoms with Crippen molar-refractivity contribution in [2.24, 2.45) is 0 Å². The largest absolute Gasteiger partial charge is 0.478 e. The number of ether oxygens (including phenoxy) is 1. The highest BCUT2D eigenvalue weighted by atomic mass is 35.5. The van der Waals surface area contributed by atoms with Gasteiger partial charge in [-0.3, -0.25) is 4.79 Å². The fraction of sp³-hybridized carbons (Fsp3) is 0.500. The molecule has 0 saturated carbocycles. The van der Waals surface area contributed by atoms with Gasteiger partial charge in [0.1, 0.15) is 5.75 Å². The summed E-state index contributed by atoms with van der Waals surface area (Å²) in [5, 5.41) is 0.877. The standard InChI is InChI=1S/C14H18ClNO2S/c1-10-16(8-9-19-10)13(17)14(2,3)18-12-6-4-11(15)5-7-12/h4-7,10H,8-9H2,1-3H3. The summed E-state index contributed by atoms with van der Waals surface area (Å²) < 4.78 is 5.82. The van der Waals surface area contributed by atoms with E-state index in [-0.39, 0.29) is 11.3 Å². The first-order chi connectivity index (χ1) is 8.90. The van der Waals surface area contributed by atoms with E-state index in [0.29, 0.717) is 10.8 Å². The lowest BCUT2D eigenvalue weighted by molar-refractivity contribution is -0.145. The molecule has 104 valence electrons. The quantitative estimate of drug-likeness (QED) is 0.856. The summed E-state index contributed by atoms with van der Waals surface area (Å²) in [6.07, 6.45) is 0. The lowest BCUT2D eigenvalue weighted by Gasteiger charge is -2.31. The van der Waals surface area contributed by atoms with Crippen molar-refractivity contribution in [3.8, 4) is 5.75 Å². The van der Waals surface area contributed by atoms with Crippen LogP contribution in [0, 0.1) is 0 Å². The molecular formula is C14H18ClNO2S. The van der Waals surface area contributed by atoms with E-state index in [0.717, 1.165) is 12.3 Å². The van der Waals surface area contributed by atoms with Gasteiger partial charge in [-0.2, -0.15) is 0 Å². The van der Waals surface area contributed by atoms with Crippen LogP contribution >= 0.6 is 23.4 Å². The van der Waals surface area contributed by atoms with Crippen LogP contribution in [0.2, 0.25) is 5.02 Å². The van der Waals surface area contributed by atoms with Gasteiger partial charge in [0, 0.05) is 17.3 Å². The first-order valence-corrected chi connectivity index (χ1v) is 7.70. The third-order valence-corrected chi connectivity index (χ3v) is 4.50. The Balaban J connectivity index is 2.08. The summed E-state index contributed by atoms with van der Waals surface area (Å²) >= 11 is 7.62. The number of rotatable bonds is 3. The molecule has 1 saturated heterocycles. The summed E-state index contributed by atoms with van der Waals surface area (Å²) in [5.41, 5.74) is -0.868. The van der Waals surface area contributed by atoms with Crippen LogP contribution in [0.1, 0.15) is 20.8 Å². The Morgan fingerprint density at radius 1 is 1.42 bits per heavy atom. The normalized spacial score (nSPS) is 19.6. The molecule has 1 aromatic rings. The number of benzene rings is 1. The molecule has 1 aromatic carbocycles. The van der Waals surface area contributed by atoms with E-state index in [1.807, 2.05) is 11.8 Å².